The average Bonchev–Trinajstić information content (AvgIpc) is 2.60. The number of hydrogen-bond donors (Lipinski definition) is 1. The van der Waals surface area contributed by atoms with Crippen LogP contribution in [0.15, 0.2) is 48.5 Å². The Labute approximate surface area is 143 Å². The number of nitrogens with zero attached hydrogens (tertiary/aromatic N) is 1. The van der Waals surface area contributed by atoms with Gasteiger partial charge in [0, 0.05) is 11.3 Å². The maximum Gasteiger partial charge on any atom is 0.335 e. The number of ether oxygens (including phenoxy) is 1. The number of halogens is 1. The molecule has 0 atom stereocenters. The first-order valence-corrected chi connectivity index (χ1v) is 7.48. The molecule has 0 heterocycles. The summed E-state index contributed by atoms with van der Waals surface area (Å²) < 4.78 is 17.9. The molecule has 1 amide bonds. The lowest BCUT2D eigenvalue weighted by Gasteiger charge is -2.22. The number of anilines is 1. The van der Waals surface area contributed by atoms with Crippen molar-refractivity contribution in [3.63, 3.8) is 0 Å². The van der Waals surface area contributed by atoms with Gasteiger partial charge in [-0.15, -0.1) is 0 Å². The molecule has 0 saturated carbocycles. The number of aromatic carboxylic acids is 1. The van der Waals surface area contributed by atoms with Crippen molar-refractivity contribution < 1.29 is 28.6 Å². The Bertz CT molecular complexity index is 771. The van der Waals surface area contributed by atoms with Crippen LogP contribution in [-0.2, 0) is 9.53 Å². The van der Waals surface area contributed by atoms with Crippen LogP contribution in [0, 0.1) is 5.82 Å². The summed E-state index contributed by atoms with van der Waals surface area (Å²) in [6.07, 6.45) is 0. The zero-order chi connectivity index (χ0) is 18.4. The fourth-order valence-electron chi connectivity index (χ4n) is 2.15. The second kappa shape index (κ2) is 8.05. The topological polar surface area (TPSA) is 83.9 Å². The molecule has 0 radical (unpaired) electrons. The molecule has 0 fully saturated rings. The summed E-state index contributed by atoms with van der Waals surface area (Å²) >= 11 is 0. The van der Waals surface area contributed by atoms with Gasteiger partial charge in [-0.25, -0.2) is 9.18 Å². The van der Waals surface area contributed by atoms with E-state index in [9.17, 15) is 18.8 Å². The van der Waals surface area contributed by atoms with E-state index in [2.05, 4.69) is 0 Å². The molecule has 0 bridgehead atoms. The minimum absolute atomic E-state index is 0.0501. The molecule has 2 aromatic rings. The maximum absolute atomic E-state index is 13.1. The van der Waals surface area contributed by atoms with E-state index in [4.69, 9.17) is 9.84 Å². The Morgan fingerprint density at radius 2 is 1.56 bits per heavy atom. The van der Waals surface area contributed by atoms with Crippen molar-refractivity contribution in [2.24, 2.45) is 0 Å². The Balaban J connectivity index is 2.34. The summed E-state index contributed by atoms with van der Waals surface area (Å²) in [6, 6.07) is 10.4. The molecule has 1 N–H and O–H groups in total. The Kier molecular flexibility index (Phi) is 5.84. The quantitative estimate of drug-likeness (QED) is 0.814. The highest BCUT2D eigenvalue weighted by atomic mass is 19.1. The molecule has 0 aliphatic carbocycles. The number of hydrogen-bond acceptors (Lipinski definition) is 4. The van der Waals surface area contributed by atoms with E-state index in [1.54, 1.807) is 6.92 Å². The van der Waals surface area contributed by atoms with Gasteiger partial charge in [-0.2, -0.15) is 0 Å². The Hall–Kier alpha value is -3.22. The van der Waals surface area contributed by atoms with E-state index < -0.39 is 23.7 Å². The highest BCUT2D eigenvalue weighted by Gasteiger charge is 2.21. The fourth-order valence-corrected chi connectivity index (χ4v) is 2.15. The van der Waals surface area contributed by atoms with Crippen LogP contribution in [0.2, 0.25) is 0 Å². The van der Waals surface area contributed by atoms with E-state index in [0.29, 0.717) is 5.69 Å². The van der Waals surface area contributed by atoms with Crippen molar-refractivity contribution in [2.75, 3.05) is 18.1 Å². The molecule has 2 rings (SSSR count). The third kappa shape index (κ3) is 4.63. The number of carbonyl (C=O) groups is 3. The van der Waals surface area contributed by atoms with Crippen molar-refractivity contribution >= 4 is 23.5 Å². The number of carbonyl (C=O) groups excluding carboxylic acids is 2. The minimum atomic E-state index is -1.10. The first kappa shape index (κ1) is 18.1. The molecule has 7 heteroatoms. The number of carboxylic acids is 1. The zero-order valence-corrected chi connectivity index (χ0v) is 13.4. The molecular weight excluding hydrogens is 329 g/mol. The number of amides is 1. The van der Waals surface area contributed by atoms with Crippen molar-refractivity contribution in [3.05, 3.63) is 65.5 Å². The minimum Gasteiger partial charge on any atom is -0.478 e. The number of esters is 1. The van der Waals surface area contributed by atoms with E-state index in [1.165, 1.54) is 36.4 Å². The molecule has 130 valence electrons. The van der Waals surface area contributed by atoms with Gasteiger partial charge in [-0.3, -0.25) is 14.5 Å². The second-order valence-electron chi connectivity index (χ2n) is 5.06. The smallest absolute Gasteiger partial charge is 0.335 e. The van der Waals surface area contributed by atoms with Gasteiger partial charge in [0.25, 0.3) is 5.91 Å². The van der Waals surface area contributed by atoms with Crippen LogP contribution in [0.5, 0.6) is 0 Å². The molecule has 0 aliphatic rings. The molecule has 6 nitrogen and oxygen atoms in total. The van der Waals surface area contributed by atoms with Gasteiger partial charge in [-0.05, 0) is 55.5 Å². The predicted octanol–water partition coefficient (Wildman–Crippen LogP) is 2.73. The van der Waals surface area contributed by atoms with Gasteiger partial charge in [0.05, 0.1) is 12.2 Å². The van der Waals surface area contributed by atoms with E-state index in [1.807, 2.05) is 0 Å². The molecule has 0 saturated heterocycles. The summed E-state index contributed by atoms with van der Waals surface area (Å²) in [5.41, 5.74) is 0.564. The molecule has 0 aliphatic heterocycles. The molecule has 0 aromatic heterocycles. The van der Waals surface area contributed by atoms with Crippen LogP contribution in [-0.4, -0.2) is 36.1 Å². The maximum atomic E-state index is 13.1. The SMILES string of the molecule is CCOC(=O)CN(C(=O)c1ccc(F)cc1)c1ccc(C(=O)O)cc1. The Morgan fingerprint density at radius 1 is 1.00 bits per heavy atom. The second-order valence-corrected chi connectivity index (χ2v) is 5.06. The van der Waals surface area contributed by atoms with Crippen LogP contribution < -0.4 is 4.90 Å². The van der Waals surface area contributed by atoms with E-state index >= 15 is 0 Å². The van der Waals surface area contributed by atoms with Crippen LogP contribution in [0.1, 0.15) is 27.6 Å². The molecule has 2 aromatic carbocycles. The van der Waals surface area contributed by atoms with E-state index in [0.717, 1.165) is 17.0 Å². The summed E-state index contributed by atoms with van der Waals surface area (Å²) in [5.74, 6) is -2.73. The van der Waals surface area contributed by atoms with Crippen molar-refractivity contribution in [3.8, 4) is 0 Å². The molecule has 0 spiro atoms. The summed E-state index contributed by atoms with van der Waals surface area (Å²) in [6.45, 7) is 1.46. The van der Waals surface area contributed by atoms with E-state index in [-0.39, 0.29) is 24.3 Å². The van der Waals surface area contributed by atoms with Crippen LogP contribution in [0.25, 0.3) is 0 Å². The molecule has 0 unspecified atom stereocenters. The van der Waals surface area contributed by atoms with Crippen molar-refractivity contribution in [1.29, 1.82) is 0 Å². The third-order valence-electron chi connectivity index (χ3n) is 3.35. The first-order chi connectivity index (χ1) is 11.9. The zero-order valence-electron chi connectivity index (χ0n) is 13.4. The lowest BCUT2D eigenvalue weighted by Crippen LogP contribution is -2.36. The van der Waals surface area contributed by atoms with Gasteiger partial charge in [0.2, 0.25) is 0 Å². The standard InChI is InChI=1S/C18H16FNO5/c1-2-25-16(21)11-20(15-9-5-13(6-10-15)18(23)24)17(22)12-3-7-14(19)8-4-12/h3-10H,2,11H2,1H3,(H,23,24). The van der Waals surface area contributed by atoms with Gasteiger partial charge < -0.3 is 9.84 Å². The third-order valence-corrected chi connectivity index (χ3v) is 3.35. The van der Waals surface area contributed by atoms with Crippen molar-refractivity contribution in [2.45, 2.75) is 6.92 Å². The molecular formula is C18H16FNO5. The summed E-state index contributed by atoms with van der Waals surface area (Å²) in [5, 5.41) is 8.95. The van der Waals surface area contributed by atoms with Gasteiger partial charge in [0.15, 0.2) is 0 Å². The largest absolute Gasteiger partial charge is 0.478 e. The fraction of sp³-hybridized carbons (Fsp3) is 0.167. The Morgan fingerprint density at radius 3 is 2.08 bits per heavy atom. The normalized spacial score (nSPS) is 10.2. The average molecular weight is 345 g/mol. The monoisotopic (exact) mass is 345 g/mol. The van der Waals surface area contributed by atoms with Crippen LogP contribution in [0.3, 0.4) is 0 Å². The van der Waals surface area contributed by atoms with Gasteiger partial charge >= 0.3 is 11.9 Å². The predicted molar refractivity (Wildman–Crippen MR) is 88.1 cm³/mol. The molecule has 25 heavy (non-hydrogen) atoms. The highest BCUT2D eigenvalue weighted by molar-refractivity contribution is 6.08. The highest BCUT2D eigenvalue weighted by Crippen LogP contribution is 2.19. The number of carboxylic acid groups (broad SMARTS) is 1. The van der Waals surface area contributed by atoms with Crippen LogP contribution >= 0.6 is 0 Å². The number of benzene rings is 2. The lowest BCUT2D eigenvalue weighted by atomic mass is 10.1. The van der Waals surface area contributed by atoms with Gasteiger partial charge in [-0.1, -0.05) is 0 Å². The lowest BCUT2D eigenvalue weighted by molar-refractivity contribution is -0.141. The number of rotatable bonds is 6. The summed E-state index contributed by atoms with van der Waals surface area (Å²) in [4.78, 5) is 36.6. The van der Waals surface area contributed by atoms with Crippen LogP contribution in [0.4, 0.5) is 10.1 Å². The summed E-state index contributed by atoms with van der Waals surface area (Å²) in [7, 11) is 0. The first-order valence-electron chi connectivity index (χ1n) is 7.48. The van der Waals surface area contributed by atoms with Crippen molar-refractivity contribution in [1.82, 2.24) is 0 Å². The van der Waals surface area contributed by atoms with Gasteiger partial charge in [0.1, 0.15) is 12.4 Å².